The lowest BCUT2D eigenvalue weighted by Gasteiger charge is -2.40. The summed E-state index contributed by atoms with van der Waals surface area (Å²) >= 11 is 6.03. The van der Waals surface area contributed by atoms with Crippen molar-refractivity contribution in [3.8, 4) is 0 Å². The number of hydrogen-bond donors (Lipinski definition) is 3. The fraction of sp³-hybridized carbons (Fsp3) is 0.357. The Kier molecular flexibility index (Phi) is 3.55. The fourth-order valence-electron chi connectivity index (χ4n) is 2.69. The van der Waals surface area contributed by atoms with Crippen molar-refractivity contribution >= 4 is 17.5 Å². The molecule has 1 saturated carbocycles. The number of H-pyrrole nitrogens is 2. The summed E-state index contributed by atoms with van der Waals surface area (Å²) in [5, 5.41) is 9.51. The molecular weight excluding hydrogens is 292 g/mol. The van der Waals surface area contributed by atoms with E-state index in [-0.39, 0.29) is 18.1 Å². The Labute approximate surface area is 125 Å². The lowest BCUT2D eigenvalue weighted by atomic mass is 9.64. The van der Waals surface area contributed by atoms with Crippen LogP contribution < -0.4 is 11.0 Å². The van der Waals surface area contributed by atoms with Gasteiger partial charge in [0, 0.05) is 5.02 Å². The number of carbonyl (C=O) groups excluding carboxylic acids is 1. The predicted octanol–water partition coefficient (Wildman–Crippen LogP) is 1.49. The topological polar surface area (TPSA) is 90.6 Å². The van der Waals surface area contributed by atoms with Gasteiger partial charge >= 0.3 is 5.69 Å². The van der Waals surface area contributed by atoms with Crippen molar-refractivity contribution in [1.82, 2.24) is 20.5 Å². The van der Waals surface area contributed by atoms with Crippen molar-refractivity contribution in [2.45, 2.75) is 31.2 Å². The third-order valence-electron chi connectivity index (χ3n) is 3.99. The Bertz CT molecular complexity index is 718. The Hall–Kier alpha value is -2.08. The number of carbonyl (C=O) groups is 1. The molecule has 2 aromatic rings. The van der Waals surface area contributed by atoms with E-state index in [0.717, 1.165) is 24.8 Å². The zero-order chi connectivity index (χ0) is 14.9. The van der Waals surface area contributed by atoms with Gasteiger partial charge in [-0.05, 0) is 30.5 Å². The van der Waals surface area contributed by atoms with Crippen molar-refractivity contribution < 1.29 is 4.79 Å². The molecule has 0 bridgehead atoms. The van der Waals surface area contributed by atoms with Crippen LogP contribution >= 0.6 is 11.6 Å². The van der Waals surface area contributed by atoms with Crippen LogP contribution in [0.3, 0.4) is 0 Å². The second-order valence-electron chi connectivity index (χ2n) is 5.25. The van der Waals surface area contributed by atoms with E-state index < -0.39 is 5.41 Å². The molecule has 0 atom stereocenters. The van der Waals surface area contributed by atoms with E-state index >= 15 is 0 Å². The molecule has 1 aromatic carbocycles. The number of nitrogens with one attached hydrogen (secondary N) is 3. The number of benzene rings is 1. The van der Waals surface area contributed by atoms with Crippen LogP contribution in [-0.2, 0) is 16.8 Å². The molecule has 0 spiro atoms. The van der Waals surface area contributed by atoms with Gasteiger partial charge in [0.15, 0.2) is 0 Å². The predicted molar refractivity (Wildman–Crippen MR) is 78.0 cm³/mol. The highest BCUT2D eigenvalue weighted by atomic mass is 35.5. The van der Waals surface area contributed by atoms with E-state index in [0.29, 0.717) is 10.8 Å². The van der Waals surface area contributed by atoms with E-state index in [1.54, 1.807) is 6.07 Å². The van der Waals surface area contributed by atoms with Crippen LogP contribution in [0.2, 0.25) is 5.02 Å². The minimum absolute atomic E-state index is 0.0557. The molecule has 0 aliphatic heterocycles. The largest absolute Gasteiger partial charge is 0.348 e. The second-order valence-corrected chi connectivity index (χ2v) is 5.69. The second kappa shape index (κ2) is 5.37. The molecule has 3 rings (SSSR count). The van der Waals surface area contributed by atoms with Crippen molar-refractivity contribution in [1.29, 1.82) is 0 Å². The van der Waals surface area contributed by atoms with Crippen molar-refractivity contribution in [2.75, 3.05) is 0 Å². The normalized spacial score (nSPS) is 16.2. The summed E-state index contributed by atoms with van der Waals surface area (Å²) in [6, 6.07) is 7.43. The lowest BCUT2D eigenvalue weighted by molar-refractivity contribution is -0.130. The van der Waals surface area contributed by atoms with Crippen LogP contribution in [0.1, 0.15) is 30.7 Å². The van der Waals surface area contributed by atoms with Crippen molar-refractivity contribution in [3.63, 3.8) is 0 Å². The van der Waals surface area contributed by atoms with Gasteiger partial charge in [-0.1, -0.05) is 30.2 Å². The molecular formula is C14H15ClN4O2. The monoisotopic (exact) mass is 306 g/mol. The van der Waals surface area contributed by atoms with Gasteiger partial charge in [0.1, 0.15) is 5.82 Å². The smallest absolute Gasteiger partial charge is 0.340 e. The number of halogens is 1. The standard InChI is InChI=1S/C14H15ClN4O2/c15-10-4-1-3-9(7-10)14(5-2-6-14)12(20)16-8-11-17-13(21)19-18-11/h1,3-4,7H,2,5-6,8H2,(H,16,20)(H2,17,18,19,21). The number of hydrogen-bond acceptors (Lipinski definition) is 3. The van der Waals surface area contributed by atoms with Crippen LogP contribution in [-0.4, -0.2) is 21.1 Å². The van der Waals surface area contributed by atoms with E-state index in [9.17, 15) is 9.59 Å². The van der Waals surface area contributed by atoms with Gasteiger partial charge in [0.25, 0.3) is 0 Å². The number of nitrogens with zero attached hydrogens (tertiary/aromatic N) is 1. The summed E-state index contributed by atoms with van der Waals surface area (Å²) in [4.78, 5) is 26.0. The van der Waals surface area contributed by atoms with E-state index in [4.69, 9.17) is 11.6 Å². The average Bonchev–Trinajstić information content (AvgIpc) is 2.81. The lowest BCUT2D eigenvalue weighted by Crippen LogP contribution is -2.49. The molecule has 7 heteroatoms. The maximum atomic E-state index is 12.6. The Morgan fingerprint density at radius 2 is 2.24 bits per heavy atom. The number of aromatic nitrogens is 3. The highest BCUT2D eigenvalue weighted by molar-refractivity contribution is 6.30. The van der Waals surface area contributed by atoms with Gasteiger partial charge in [-0.3, -0.25) is 9.78 Å². The first-order valence-electron chi connectivity index (χ1n) is 6.78. The molecule has 1 heterocycles. The van der Waals surface area contributed by atoms with Gasteiger partial charge in [0.2, 0.25) is 5.91 Å². The molecule has 0 radical (unpaired) electrons. The van der Waals surface area contributed by atoms with Crippen LogP contribution in [0, 0.1) is 0 Å². The summed E-state index contributed by atoms with van der Waals surface area (Å²) in [6.07, 6.45) is 2.62. The Morgan fingerprint density at radius 1 is 1.43 bits per heavy atom. The summed E-state index contributed by atoms with van der Waals surface area (Å²) < 4.78 is 0. The minimum atomic E-state index is -0.512. The molecule has 0 unspecified atom stereocenters. The van der Waals surface area contributed by atoms with Gasteiger partial charge in [-0.15, -0.1) is 0 Å². The zero-order valence-corrected chi connectivity index (χ0v) is 12.0. The number of rotatable bonds is 4. The van der Waals surface area contributed by atoms with E-state index in [1.165, 1.54) is 0 Å². The van der Waals surface area contributed by atoms with E-state index in [1.807, 2.05) is 18.2 Å². The Morgan fingerprint density at radius 3 is 2.81 bits per heavy atom. The third-order valence-corrected chi connectivity index (χ3v) is 4.22. The number of amides is 1. The first-order chi connectivity index (χ1) is 10.1. The van der Waals surface area contributed by atoms with E-state index in [2.05, 4.69) is 20.5 Å². The molecule has 3 N–H and O–H groups in total. The summed E-state index contributed by atoms with van der Waals surface area (Å²) in [5.74, 6) is 0.355. The molecule has 1 aliphatic rings. The zero-order valence-electron chi connectivity index (χ0n) is 11.3. The summed E-state index contributed by atoms with van der Waals surface area (Å²) in [6.45, 7) is 0.194. The van der Waals surface area contributed by atoms with Crippen LogP contribution in [0.25, 0.3) is 0 Å². The molecule has 1 aliphatic carbocycles. The SMILES string of the molecule is O=C(NCc1n[nH]c(=O)[nH]1)C1(c2cccc(Cl)c2)CCC1. The van der Waals surface area contributed by atoms with Gasteiger partial charge < -0.3 is 5.32 Å². The van der Waals surface area contributed by atoms with Crippen LogP contribution in [0.5, 0.6) is 0 Å². The maximum absolute atomic E-state index is 12.6. The third kappa shape index (κ3) is 2.58. The van der Waals surface area contributed by atoms with Gasteiger partial charge in [-0.25, -0.2) is 9.89 Å². The van der Waals surface area contributed by atoms with Crippen molar-refractivity contribution in [3.05, 3.63) is 51.2 Å². The maximum Gasteiger partial charge on any atom is 0.340 e. The summed E-state index contributed by atoms with van der Waals surface area (Å²) in [5.41, 5.74) is 0.0447. The highest BCUT2D eigenvalue weighted by Crippen LogP contribution is 2.44. The van der Waals surface area contributed by atoms with Crippen LogP contribution in [0.4, 0.5) is 0 Å². The molecule has 0 saturated heterocycles. The van der Waals surface area contributed by atoms with Gasteiger partial charge in [0.05, 0.1) is 12.0 Å². The molecule has 110 valence electrons. The molecule has 1 amide bonds. The summed E-state index contributed by atoms with van der Waals surface area (Å²) in [7, 11) is 0. The first kappa shape index (κ1) is 13.9. The molecule has 6 nitrogen and oxygen atoms in total. The average molecular weight is 307 g/mol. The fourth-order valence-corrected chi connectivity index (χ4v) is 2.88. The minimum Gasteiger partial charge on any atom is -0.348 e. The van der Waals surface area contributed by atoms with Crippen LogP contribution in [0.15, 0.2) is 29.1 Å². The molecule has 21 heavy (non-hydrogen) atoms. The highest BCUT2D eigenvalue weighted by Gasteiger charge is 2.45. The van der Waals surface area contributed by atoms with Gasteiger partial charge in [-0.2, -0.15) is 5.10 Å². The number of aromatic amines is 2. The Balaban J connectivity index is 1.76. The first-order valence-corrected chi connectivity index (χ1v) is 7.16. The quantitative estimate of drug-likeness (QED) is 0.799. The molecule has 1 aromatic heterocycles. The van der Waals surface area contributed by atoms with Crippen molar-refractivity contribution in [2.24, 2.45) is 0 Å². The molecule has 1 fully saturated rings.